The molecule has 1 aromatic rings. The molecule has 0 spiro atoms. The molecule has 2 rings (SSSR count). The Labute approximate surface area is 118 Å². The predicted octanol–water partition coefficient (Wildman–Crippen LogP) is 1.39. The van der Waals surface area contributed by atoms with Gasteiger partial charge in [-0.15, -0.1) is 0 Å². The van der Waals surface area contributed by atoms with Gasteiger partial charge in [-0.1, -0.05) is 12.1 Å². The minimum Gasteiger partial charge on any atom is -0.457 e. The number of hydrogen-bond acceptors (Lipinski definition) is 6. The highest BCUT2D eigenvalue weighted by atomic mass is 16.8. The van der Waals surface area contributed by atoms with Crippen LogP contribution < -0.4 is 15.8 Å². The summed E-state index contributed by atoms with van der Waals surface area (Å²) in [5.74, 6) is 0.622. The van der Waals surface area contributed by atoms with Crippen molar-refractivity contribution in [3.63, 3.8) is 0 Å². The molecular weight excluding hydrogens is 260 g/mol. The van der Waals surface area contributed by atoms with E-state index in [1.54, 1.807) is 12.1 Å². The molecule has 0 unspecified atom stereocenters. The number of hydrogen-bond donors (Lipinski definition) is 2. The third kappa shape index (κ3) is 4.71. The van der Waals surface area contributed by atoms with Crippen molar-refractivity contribution in [1.82, 2.24) is 5.32 Å². The lowest BCUT2D eigenvalue weighted by atomic mass is 10.1. The minimum absolute atomic E-state index is 0.0624. The zero-order chi connectivity index (χ0) is 14.2. The summed E-state index contributed by atoms with van der Waals surface area (Å²) in [6, 6.07) is 7.29. The topological polar surface area (TPSA) is 82.8 Å². The number of carbonyl (C=O) groups excluding carboxylic acids is 1. The highest BCUT2D eigenvalue weighted by Crippen LogP contribution is 2.12. The van der Waals surface area contributed by atoms with Crippen LogP contribution in [0.1, 0.15) is 18.4 Å². The summed E-state index contributed by atoms with van der Waals surface area (Å²) in [6.45, 7) is 2.05. The van der Waals surface area contributed by atoms with Crippen molar-refractivity contribution in [2.24, 2.45) is 5.73 Å². The molecule has 0 atom stereocenters. The molecule has 6 heteroatoms. The van der Waals surface area contributed by atoms with E-state index in [4.69, 9.17) is 19.9 Å². The predicted molar refractivity (Wildman–Crippen MR) is 73.3 cm³/mol. The SMILES string of the molecule is NCc1ccc(OCOC(=O)OC2CCNCC2)cc1. The van der Waals surface area contributed by atoms with Gasteiger partial charge in [0.25, 0.3) is 0 Å². The van der Waals surface area contributed by atoms with Crippen molar-refractivity contribution in [2.75, 3.05) is 19.9 Å². The van der Waals surface area contributed by atoms with Crippen LogP contribution in [0.25, 0.3) is 0 Å². The summed E-state index contributed by atoms with van der Waals surface area (Å²) < 4.78 is 15.3. The Bertz CT molecular complexity index is 416. The lowest BCUT2D eigenvalue weighted by Gasteiger charge is -2.22. The van der Waals surface area contributed by atoms with Crippen LogP contribution in [0.5, 0.6) is 5.75 Å². The van der Waals surface area contributed by atoms with Gasteiger partial charge in [0.05, 0.1) is 0 Å². The molecule has 0 saturated carbocycles. The molecule has 1 aliphatic heterocycles. The second-order valence-corrected chi connectivity index (χ2v) is 4.57. The van der Waals surface area contributed by atoms with Crippen LogP contribution in [0.4, 0.5) is 4.79 Å². The molecule has 6 nitrogen and oxygen atoms in total. The second kappa shape index (κ2) is 7.72. The Morgan fingerprint density at radius 3 is 2.60 bits per heavy atom. The van der Waals surface area contributed by atoms with Crippen LogP contribution in [0.2, 0.25) is 0 Å². The lowest BCUT2D eigenvalue weighted by Crippen LogP contribution is -2.34. The molecule has 3 N–H and O–H groups in total. The zero-order valence-electron chi connectivity index (χ0n) is 11.3. The van der Waals surface area contributed by atoms with Gasteiger partial charge >= 0.3 is 6.16 Å². The smallest absolute Gasteiger partial charge is 0.457 e. The Morgan fingerprint density at radius 1 is 1.25 bits per heavy atom. The number of nitrogens with one attached hydrogen (secondary N) is 1. The molecule has 1 aliphatic rings. The summed E-state index contributed by atoms with van der Waals surface area (Å²) >= 11 is 0. The van der Waals surface area contributed by atoms with Gasteiger partial charge < -0.3 is 25.3 Å². The van der Waals surface area contributed by atoms with Crippen LogP contribution in [0.15, 0.2) is 24.3 Å². The van der Waals surface area contributed by atoms with E-state index in [2.05, 4.69) is 5.32 Å². The quantitative estimate of drug-likeness (QED) is 0.626. The van der Waals surface area contributed by atoms with E-state index in [1.165, 1.54) is 0 Å². The van der Waals surface area contributed by atoms with Gasteiger partial charge in [-0.05, 0) is 43.6 Å². The third-order valence-electron chi connectivity index (χ3n) is 3.11. The Kier molecular flexibility index (Phi) is 5.64. The van der Waals surface area contributed by atoms with E-state index < -0.39 is 6.16 Å². The molecule has 0 radical (unpaired) electrons. The fourth-order valence-corrected chi connectivity index (χ4v) is 1.95. The highest BCUT2D eigenvalue weighted by molar-refractivity contribution is 5.60. The summed E-state index contributed by atoms with van der Waals surface area (Å²) in [7, 11) is 0. The standard InChI is InChI=1S/C14H20N2O4/c15-9-11-1-3-12(4-2-11)18-10-19-14(17)20-13-5-7-16-8-6-13/h1-4,13,16H,5-10,15H2. The van der Waals surface area contributed by atoms with E-state index in [-0.39, 0.29) is 12.9 Å². The largest absolute Gasteiger partial charge is 0.511 e. The molecule has 20 heavy (non-hydrogen) atoms. The molecular formula is C14H20N2O4. The molecule has 0 aliphatic carbocycles. The average Bonchev–Trinajstić information content (AvgIpc) is 2.49. The maximum atomic E-state index is 11.4. The maximum Gasteiger partial charge on any atom is 0.511 e. The minimum atomic E-state index is -0.685. The van der Waals surface area contributed by atoms with Crippen molar-refractivity contribution in [1.29, 1.82) is 0 Å². The highest BCUT2D eigenvalue weighted by Gasteiger charge is 2.18. The van der Waals surface area contributed by atoms with Gasteiger partial charge in [-0.3, -0.25) is 0 Å². The summed E-state index contributed by atoms with van der Waals surface area (Å²) in [6.07, 6.45) is 0.885. The molecule has 1 heterocycles. The van der Waals surface area contributed by atoms with Gasteiger partial charge in [-0.2, -0.15) is 0 Å². The molecule has 0 amide bonds. The van der Waals surface area contributed by atoms with E-state index in [1.807, 2.05) is 12.1 Å². The second-order valence-electron chi connectivity index (χ2n) is 4.57. The van der Waals surface area contributed by atoms with Crippen molar-refractivity contribution < 1.29 is 19.0 Å². The van der Waals surface area contributed by atoms with Crippen LogP contribution in [-0.2, 0) is 16.0 Å². The normalized spacial score (nSPS) is 15.7. The summed E-state index contributed by atoms with van der Waals surface area (Å²) in [4.78, 5) is 11.4. The fraction of sp³-hybridized carbons (Fsp3) is 0.500. The number of carbonyl (C=O) groups is 1. The molecule has 1 aromatic carbocycles. The number of benzene rings is 1. The maximum absolute atomic E-state index is 11.4. The first-order valence-corrected chi connectivity index (χ1v) is 6.74. The monoisotopic (exact) mass is 280 g/mol. The molecule has 110 valence electrons. The van der Waals surface area contributed by atoms with Crippen molar-refractivity contribution >= 4 is 6.16 Å². The molecule has 0 aromatic heterocycles. The van der Waals surface area contributed by atoms with Gasteiger partial charge in [0, 0.05) is 6.54 Å². The number of nitrogens with two attached hydrogens (primary N) is 1. The first-order valence-electron chi connectivity index (χ1n) is 6.74. The van der Waals surface area contributed by atoms with Crippen LogP contribution in [0.3, 0.4) is 0 Å². The zero-order valence-corrected chi connectivity index (χ0v) is 11.3. The summed E-state index contributed by atoms with van der Waals surface area (Å²) in [5, 5.41) is 3.20. The Morgan fingerprint density at radius 2 is 1.95 bits per heavy atom. The molecule has 1 saturated heterocycles. The third-order valence-corrected chi connectivity index (χ3v) is 3.11. The van der Waals surface area contributed by atoms with Crippen molar-refractivity contribution in [3.05, 3.63) is 29.8 Å². The van der Waals surface area contributed by atoms with E-state index in [0.717, 1.165) is 31.5 Å². The molecule has 1 fully saturated rings. The van der Waals surface area contributed by atoms with Crippen LogP contribution in [0, 0.1) is 0 Å². The lowest BCUT2D eigenvalue weighted by molar-refractivity contribution is -0.0210. The van der Waals surface area contributed by atoms with E-state index in [9.17, 15) is 4.79 Å². The van der Waals surface area contributed by atoms with Crippen LogP contribution in [-0.4, -0.2) is 32.1 Å². The van der Waals surface area contributed by atoms with Gasteiger partial charge in [0.1, 0.15) is 11.9 Å². The van der Waals surface area contributed by atoms with E-state index >= 15 is 0 Å². The van der Waals surface area contributed by atoms with Gasteiger partial charge in [-0.25, -0.2) is 4.79 Å². The average molecular weight is 280 g/mol. The summed E-state index contributed by atoms with van der Waals surface area (Å²) in [5.41, 5.74) is 6.51. The van der Waals surface area contributed by atoms with Gasteiger partial charge in [0.15, 0.2) is 0 Å². The van der Waals surface area contributed by atoms with Crippen molar-refractivity contribution in [3.8, 4) is 5.75 Å². The first-order chi connectivity index (χ1) is 9.78. The fourth-order valence-electron chi connectivity index (χ4n) is 1.95. The number of piperidine rings is 1. The van der Waals surface area contributed by atoms with Crippen LogP contribution >= 0.6 is 0 Å². The van der Waals surface area contributed by atoms with Gasteiger partial charge in [0.2, 0.25) is 6.79 Å². The Balaban J connectivity index is 1.65. The Hall–Kier alpha value is -1.79. The van der Waals surface area contributed by atoms with Crippen molar-refractivity contribution in [2.45, 2.75) is 25.5 Å². The number of ether oxygens (including phenoxy) is 3. The molecule has 0 bridgehead atoms. The number of rotatable bonds is 5. The first kappa shape index (κ1) is 14.6. The van der Waals surface area contributed by atoms with E-state index in [0.29, 0.717) is 12.3 Å².